The Morgan fingerprint density at radius 2 is 2.32 bits per heavy atom. The first kappa shape index (κ1) is 22.2. The van der Waals surface area contributed by atoms with E-state index in [0.29, 0.717) is 0 Å². The molecule has 0 aromatic rings. The first-order valence-electron chi connectivity index (χ1n) is 9.97. The monoisotopic (exact) mass is 396 g/mol. The Kier molecular flexibility index (Phi) is 8.27. The minimum Gasteiger partial charge on any atom is -0.380 e. The lowest BCUT2D eigenvalue weighted by molar-refractivity contribution is 0.308. The molecular weight excluding hydrogens is 364 g/mol. The van der Waals surface area contributed by atoms with Gasteiger partial charge in [-0.05, 0) is 55.4 Å². The van der Waals surface area contributed by atoms with E-state index in [1.807, 2.05) is 31.4 Å². The van der Waals surface area contributed by atoms with Crippen molar-refractivity contribution < 1.29 is 0 Å². The topological polar surface area (TPSA) is 51.4 Å². The van der Waals surface area contributed by atoms with E-state index < -0.39 is 0 Å². The van der Waals surface area contributed by atoms with Crippen molar-refractivity contribution in [3.63, 3.8) is 0 Å². The molecule has 0 aromatic carbocycles. The highest BCUT2D eigenvalue weighted by Gasteiger charge is 2.48. The Morgan fingerprint density at radius 1 is 1.54 bits per heavy atom. The van der Waals surface area contributed by atoms with Crippen molar-refractivity contribution in [2.75, 3.05) is 14.1 Å². The van der Waals surface area contributed by atoms with Crippen LogP contribution in [-0.4, -0.2) is 36.2 Å². The Labute approximate surface area is 174 Å². The van der Waals surface area contributed by atoms with Crippen molar-refractivity contribution in [1.29, 1.82) is 5.26 Å². The highest BCUT2D eigenvalue weighted by molar-refractivity contribution is 8.04. The van der Waals surface area contributed by atoms with E-state index in [-0.39, 0.29) is 16.8 Å². The summed E-state index contributed by atoms with van der Waals surface area (Å²) in [6, 6.07) is 2.56. The average Bonchev–Trinajstić information content (AvgIpc) is 3.04. The van der Waals surface area contributed by atoms with Gasteiger partial charge in [-0.3, -0.25) is 4.99 Å². The van der Waals surface area contributed by atoms with Crippen LogP contribution in [0, 0.1) is 29.6 Å². The fraction of sp³-hybridized carbons (Fsp3) is 0.565. The predicted molar refractivity (Wildman–Crippen MR) is 121 cm³/mol. The molecule has 2 aliphatic rings. The number of thioether (sulfide) groups is 1. The third-order valence-electron chi connectivity index (χ3n) is 5.26. The normalized spacial score (nSPS) is 26.4. The molecule has 0 amide bonds. The number of unbranched alkanes of at least 4 members (excludes halogenated alkanes) is 1. The number of nitrogens with zero attached hydrogens (tertiary/aromatic N) is 3. The second-order valence-corrected chi connectivity index (χ2v) is 8.94. The Hall–Kier alpha value is -2.11. The summed E-state index contributed by atoms with van der Waals surface area (Å²) >= 11 is 1.76. The van der Waals surface area contributed by atoms with Gasteiger partial charge in [-0.2, -0.15) is 5.26 Å². The van der Waals surface area contributed by atoms with Gasteiger partial charge in [-0.15, -0.1) is 30.7 Å². The van der Waals surface area contributed by atoms with E-state index in [0.717, 1.165) is 57.1 Å². The summed E-state index contributed by atoms with van der Waals surface area (Å²) in [5.41, 5.74) is 2.01. The van der Waals surface area contributed by atoms with Gasteiger partial charge in [-0.1, -0.05) is 12.7 Å². The van der Waals surface area contributed by atoms with Gasteiger partial charge in [0.25, 0.3) is 0 Å². The van der Waals surface area contributed by atoms with Gasteiger partial charge in [-0.25, -0.2) is 0 Å². The van der Waals surface area contributed by atoms with Crippen LogP contribution in [0.15, 0.2) is 40.4 Å². The number of nitriles is 1. The molecule has 1 aliphatic carbocycles. The number of nitrogens with one attached hydrogen (secondary N) is 1. The molecule has 0 aromatic heterocycles. The minimum absolute atomic E-state index is 0.0780. The highest BCUT2D eigenvalue weighted by Crippen LogP contribution is 2.54. The number of hydrogen-bond donors (Lipinski definition) is 1. The molecule has 150 valence electrons. The maximum Gasteiger partial charge on any atom is 0.121 e. The zero-order valence-electron chi connectivity index (χ0n) is 17.2. The molecule has 28 heavy (non-hydrogen) atoms. The molecule has 0 saturated heterocycles. The van der Waals surface area contributed by atoms with E-state index in [1.165, 1.54) is 10.5 Å². The molecule has 5 heteroatoms. The third kappa shape index (κ3) is 5.24. The van der Waals surface area contributed by atoms with E-state index >= 15 is 0 Å². The first-order chi connectivity index (χ1) is 13.5. The van der Waals surface area contributed by atoms with Crippen molar-refractivity contribution in [3.05, 3.63) is 35.4 Å². The molecule has 2 rings (SSSR count). The van der Waals surface area contributed by atoms with Crippen molar-refractivity contribution >= 4 is 18.1 Å². The van der Waals surface area contributed by atoms with Crippen molar-refractivity contribution in [2.24, 2.45) is 10.9 Å². The van der Waals surface area contributed by atoms with Gasteiger partial charge in [0, 0.05) is 26.2 Å². The van der Waals surface area contributed by atoms with Gasteiger partial charge < -0.3 is 10.2 Å². The molecular formula is C23H32N4S. The predicted octanol–water partition coefficient (Wildman–Crippen LogP) is 4.84. The molecule has 1 heterocycles. The van der Waals surface area contributed by atoms with Crippen LogP contribution in [0.5, 0.6) is 0 Å². The average molecular weight is 397 g/mol. The zero-order chi connectivity index (χ0) is 20.6. The van der Waals surface area contributed by atoms with Crippen molar-refractivity contribution in [1.82, 2.24) is 10.2 Å². The molecule has 0 saturated carbocycles. The smallest absolute Gasteiger partial charge is 0.121 e. The summed E-state index contributed by atoms with van der Waals surface area (Å²) in [5, 5.41) is 13.7. The second kappa shape index (κ2) is 10.4. The minimum atomic E-state index is -0.238. The maximum absolute atomic E-state index is 10.0. The largest absolute Gasteiger partial charge is 0.380 e. The van der Waals surface area contributed by atoms with Crippen LogP contribution < -0.4 is 5.32 Å². The van der Waals surface area contributed by atoms with Gasteiger partial charge in [0.2, 0.25) is 0 Å². The Bertz CT molecular complexity index is 722. The standard InChI is InChI=1S/C23H32N4S/c1-6-8-10-14-23(26-18(3)12-9-7-2)15-11-13-20-21(23)19(16-24)22(28-20)25-17-27(4)5/h1,7,17,19,22,26H,2-3,8-15H2,4-5H3. The second-order valence-electron chi connectivity index (χ2n) is 7.73. The van der Waals surface area contributed by atoms with Crippen LogP contribution in [0.3, 0.4) is 0 Å². The summed E-state index contributed by atoms with van der Waals surface area (Å²) < 4.78 is 0. The molecule has 0 radical (unpaired) electrons. The van der Waals surface area contributed by atoms with Gasteiger partial charge >= 0.3 is 0 Å². The summed E-state index contributed by atoms with van der Waals surface area (Å²) in [5.74, 6) is 2.54. The number of terminal acetylenes is 1. The highest BCUT2D eigenvalue weighted by atomic mass is 32.2. The molecule has 0 fully saturated rings. The van der Waals surface area contributed by atoms with Crippen LogP contribution >= 0.6 is 11.8 Å². The van der Waals surface area contributed by atoms with Gasteiger partial charge in [0.15, 0.2) is 0 Å². The lowest BCUT2D eigenvalue weighted by Gasteiger charge is -2.42. The molecule has 1 aliphatic heterocycles. The molecule has 0 bridgehead atoms. The van der Waals surface area contributed by atoms with Crippen LogP contribution in [0.1, 0.15) is 51.4 Å². The number of rotatable bonds is 10. The molecule has 4 nitrogen and oxygen atoms in total. The SMILES string of the molecule is C#CCCCC1(NC(=C)CCC=C)CCCC2=C1C(C#N)C(N=CN(C)C)S2. The third-order valence-corrected chi connectivity index (χ3v) is 6.60. The van der Waals surface area contributed by atoms with E-state index in [1.54, 1.807) is 11.8 Å². The van der Waals surface area contributed by atoms with Gasteiger partial charge in [0.1, 0.15) is 11.3 Å². The van der Waals surface area contributed by atoms with E-state index in [2.05, 4.69) is 30.5 Å². The number of aliphatic imine (C=N–C) groups is 1. The van der Waals surface area contributed by atoms with Crippen LogP contribution in [0.25, 0.3) is 0 Å². The van der Waals surface area contributed by atoms with E-state index in [9.17, 15) is 5.26 Å². The van der Waals surface area contributed by atoms with Gasteiger partial charge in [0.05, 0.1) is 17.9 Å². The summed E-state index contributed by atoms with van der Waals surface area (Å²) in [7, 11) is 3.90. The van der Waals surface area contributed by atoms with E-state index in [4.69, 9.17) is 11.4 Å². The van der Waals surface area contributed by atoms with Crippen LogP contribution in [0.2, 0.25) is 0 Å². The molecule has 3 atom stereocenters. The Balaban J connectivity index is 2.35. The molecule has 0 spiro atoms. The summed E-state index contributed by atoms with van der Waals surface area (Å²) in [6.07, 6.45) is 16.7. The maximum atomic E-state index is 10.0. The summed E-state index contributed by atoms with van der Waals surface area (Å²) in [4.78, 5) is 7.95. The first-order valence-corrected chi connectivity index (χ1v) is 10.8. The zero-order valence-corrected chi connectivity index (χ0v) is 18.0. The number of allylic oxidation sites excluding steroid dienone is 3. The quantitative estimate of drug-likeness (QED) is 0.189. The van der Waals surface area contributed by atoms with Crippen molar-refractivity contribution in [3.8, 4) is 18.4 Å². The van der Waals surface area contributed by atoms with Crippen molar-refractivity contribution in [2.45, 2.75) is 62.3 Å². The fourth-order valence-electron chi connectivity index (χ4n) is 4.10. The molecule has 3 unspecified atom stereocenters. The fourth-order valence-corrected chi connectivity index (χ4v) is 5.55. The Morgan fingerprint density at radius 3 is 2.96 bits per heavy atom. The number of hydrogen-bond acceptors (Lipinski definition) is 4. The lowest BCUT2D eigenvalue weighted by Crippen LogP contribution is -2.49. The summed E-state index contributed by atoms with van der Waals surface area (Å²) in [6.45, 7) is 8.07. The molecule has 1 N–H and O–H groups in total. The van der Waals surface area contributed by atoms with Crippen LogP contribution in [0.4, 0.5) is 0 Å². The lowest BCUT2D eigenvalue weighted by atomic mass is 9.71. The van der Waals surface area contributed by atoms with Crippen LogP contribution in [-0.2, 0) is 0 Å².